The maximum atomic E-state index is 9.53. The van der Waals surface area contributed by atoms with Crippen molar-refractivity contribution >= 4 is 0 Å². The summed E-state index contributed by atoms with van der Waals surface area (Å²) >= 11 is 0. The van der Waals surface area contributed by atoms with Crippen LogP contribution in [0.2, 0.25) is 0 Å². The summed E-state index contributed by atoms with van der Waals surface area (Å²) in [5.74, 6) is 1.34. The van der Waals surface area contributed by atoms with Gasteiger partial charge in [0.05, 0.1) is 19.8 Å². The Bertz CT molecular complexity index is 644. The van der Waals surface area contributed by atoms with Crippen LogP contribution in [0.25, 0.3) is 11.1 Å². The third kappa shape index (κ3) is 2.45. The van der Waals surface area contributed by atoms with E-state index >= 15 is 0 Å². The number of hydrogen-bond acceptors (Lipinski definition) is 4. The van der Waals surface area contributed by atoms with Gasteiger partial charge in [0.25, 0.3) is 0 Å². The van der Waals surface area contributed by atoms with E-state index in [4.69, 9.17) is 14.7 Å². The number of ether oxygens (including phenoxy) is 2. The highest BCUT2D eigenvalue weighted by Gasteiger charge is 2.10. The van der Waals surface area contributed by atoms with Crippen LogP contribution in [0.3, 0.4) is 0 Å². The van der Waals surface area contributed by atoms with Crippen LogP contribution in [-0.4, -0.2) is 19.3 Å². The molecular formula is C15H13NO3. The zero-order valence-electron chi connectivity index (χ0n) is 10.7. The summed E-state index contributed by atoms with van der Waals surface area (Å²) in [6.07, 6.45) is 0. The molecule has 0 fully saturated rings. The zero-order chi connectivity index (χ0) is 13.8. The molecule has 2 aromatic rings. The van der Waals surface area contributed by atoms with Gasteiger partial charge in [-0.3, -0.25) is 0 Å². The van der Waals surface area contributed by atoms with E-state index in [1.807, 2.05) is 12.1 Å². The van der Waals surface area contributed by atoms with Crippen molar-refractivity contribution in [2.45, 2.75) is 0 Å². The molecule has 0 radical (unpaired) electrons. The first-order valence-corrected chi connectivity index (χ1v) is 5.65. The Morgan fingerprint density at radius 2 is 1.84 bits per heavy atom. The Morgan fingerprint density at radius 3 is 2.47 bits per heavy atom. The first kappa shape index (κ1) is 12.8. The number of phenols is 1. The van der Waals surface area contributed by atoms with Crippen molar-refractivity contribution in [2.24, 2.45) is 0 Å². The summed E-state index contributed by atoms with van der Waals surface area (Å²) in [6.45, 7) is 0. The number of hydrogen-bond donors (Lipinski definition) is 1. The van der Waals surface area contributed by atoms with E-state index in [0.717, 1.165) is 11.1 Å². The van der Waals surface area contributed by atoms with Gasteiger partial charge in [-0.1, -0.05) is 6.07 Å². The molecule has 1 N–H and O–H groups in total. The van der Waals surface area contributed by atoms with Crippen molar-refractivity contribution < 1.29 is 14.6 Å². The minimum absolute atomic E-state index is 0.0342. The first-order chi connectivity index (χ1) is 9.19. The third-order valence-electron chi connectivity index (χ3n) is 2.83. The van der Waals surface area contributed by atoms with Crippen LogP contribution >= 0.6 is 0 Å². The summed E-state index contributed by atoms with van der Waals surface area (Å²) < 4.78 is 10.5. The van der Waals surface area contributed by atoms with Crippen LogP contribution in [0.4, 0.5) is 0 Å². The van der Waals surface area contributed by atoms with Crippen LogP contribution in [0.15, 0.2) is 36.4 Å². The summed E-state index contributed by atoms with van der Waals surface area (Å²) in [5.41, 5.74) is 1.81. The Labute approximate surface area is 111 Å². The second kappa shape index (κ2) is 5.32. The van der Waals surface area contributed by atoms with Crippen molar-refractivity contribution in [1.29, 1.82) is 5.26 Å². The van der Waals surface area contributed by atoms with E-state index < -0.39 is 0 Å². The average Bonchev–Trinajstić information content (AvgIpc) is 2.47. The molecule has 0 saturated carbocycles. The van der Waals surface area contributed by atoms with Gasteiger partial charge in [0, 0.05) is 5.56 Å². The van der Waals surface area contributed by atoms with E-state index in [1.165, 1.54) is 6.07 Å². The largest absolute Gasteiger partial charge is 0.507 e. The molecule has 0 atom stereocenters. The Morgan fingerprint density at radius 1 is 1.05 bits per heavy atom. The van der Waals surface area contributed by atoms with E-state index in [-0.39, 0.29) is 11.3 Å². The lowest BCUT2D eigenvalue weighted by Gasteiger charge is -2.11. The number of methoxy groups -OCH3 is 2. The molecule has 2 rings (SSSR count). The predicted molar refractivity (Wildman–Crippen MR) is 71.4 cm³/mol. The van der Waals surface area contributed by atoms with Gasteiger partial charge in [0.15, 0.2) is 0 Å². The molecule has 0 unspecified atom stereocenters. The van der Waals surface area contributed by atoms with Crippen LogP contribution in [0.1, 0.15) is 5.56 Å². The van der Waals surface area contributed by atoms with Crippen molar-refractivity contribution in [3.8, 4) is 34.4 Å². The van der Waals surface area contributed by atoms with Crippen LogP contribution < -0.4 is 9.47 Å². The standard InChI is InChI=1S/C15H13NO3/c1-18-12-4-6-15(19-2)13(8-12)10-3-5-14(17)11(7-10)9-16/h3-8,17H,1-2H3. The fraction of sp³-hybridized carbons (Fsp3) is 0.133. The topological polar surface area (TPSA) is 62.5 Å². The fourth-order valence-corrected chi connectivity index (χ4v) is 1.83. The van der Waals surface area contributed by atoms with Gasteiger partial charge in [-0.15, -0.1) is 0 Å². The molecule has 0 bridgehead atoms. The maximum absolute atomic E-state index is 9.53. The van der Waals surface area contributed by atoms with Gasteiger partial charge in [-0.25, -0.2) is 0 Å². The zero-order valence-corrected chi connectivity index (χ0v) is 10.7. The molecule has 2 aromatic carbocycles. The average molecular weight is 255 g/mol. The minimum atomic E-state index is -0.0342. The smallest absolute Gasteiger partial charge is 0.133 e. The van der Waals surface area contributed by atoms with Gasteiger partial charge in [-0.2, -0.15) is 5.26 Å². The maximum Gasteiger partial charge on any atom is 0.133 e. The first-order valence-electron chi connectivity index (χ1n) is 5.65. The molecule has 0 amide bonds. The normalized spacial score (nSPS) is 9.74. The number of rotatable bonds is 3. The number of phenolic OH excluding ortho intramolecular Hbond substituents is 1. The van der Waals surface area contributed by atoms with Gasteiger partial charge in [-0.05, 0) is 35.9 Å². The second-order valence-corrected chi connectivity index (χ2v) is 3.91. The Balaban J connectivity index is 2.60. The lowest BCUT2D eigenvalue weighted by atomic mass is 10.0. The molecule has 96 valence electrons. The highest BCUT2D eigenvalue weighted by Crippen LogP contribution is 2.35. The van der Waals surface area contributed by atoms with Gasteiger partial charge >= 0.3 is 0 Å². The summed E-state index contributed by atoms with van der Waals surface area (Å²) in [4.78, 5) is 0. The minimum Gasteiger partial charge on any atom is -0.507 e. The third-order valence-corrected chi connectivity index (χ3v) is 2.83. The lowest BCUT2D eigenvalue weighted by molar-refractivity contribution is 0.404. The van der Waals surface area contributed by atoms with Crippen molar-refractivity contribution in [3.05, 3.63) is 42.0 Å². The van der Waals surface area contributed by atoms with Crippen LogP contribution in [-0.2, 0) is 0 Å². The monoisotopic (exact) mass is 255 g/mol. The molecule has 19 heavy (non-hydrogen) atoms. The predicted octanol–water partition coefficient (Wildman–Crippen LogP) is 2.95. The summed E-state index contributed by atoms with van der Waals surface area (Å²) in [6, 6.07) is 12.2. The lowest BCUT2D eigenvalue weighted by Crippen LogP contribution is -1.91. The summed E-state index contributed by atoms with van der Waals surface area (Å²) in [5, 5.41) is 18.5. The highest BCUT2D eigenvalue weighted by molar-refractivity contribution is 5.74. The molecule has 0 saturated heterocycles. The molecular weight excluding hydrogens is 242 g/mol. The molecule has 0 aliphatic rings. The van der Waals surface area contributed by atoms with Crippen LogP contribution in [0, 0.1) is 11.3 Å². The number of nitriles is 1. The van der Waals surface area contributed by atoms with E-state index in [2.05, 4.69) is 0 Å². The molecule has 0 spiro atoms. The quantitative estimate of drug-likeness (QED) is 0.915. The van der Waals surface area contributed by atoms with E-state index in [1.54, 1.807) is 38.5 Å². The molecule has 0 aliphatic heterocycles. The van der Waals surface area contributed by atoms with Crippen molar-refractivity contribution in [1.82, 2.24) is 0 Å². The number of benzene rings is 2. The molecule has 0 aliphatic carbocycles. The van der Waals surface area contributed by atoms with Crippen molar-refractivity contribution in [2.75, 3.05) is 14.2 Å². The second-order valence-electron chi connectivity index (χ2n) is 3.91. The molecule has 0 aromatic heterocycles. The van der Waals surface area contributed by atoms with E-state index in [0.29, 0.717) is 11.5 Å². The summed E-state index contributed by atoms with van der Waals surface area (Å²) in [7, 11) is 3.17. The van der Waals surface area contributed by atoms with E-state index in [9.17, 15) is 5.11 Å². The fourth-order valence-electron chi connectivity index (χ4n) is 1.83. The SMILES string of the molecule is COc1ccc(OC)c(-c2ccc(O)c(C#N)c2)c1. The number of aromatic hydroxyl groups is 1. The Kier molecular flexibility index (Phi) is 3.58. The van der Waals surface area contributed by atoms with Crippen LogP contribution in [0.5, 0.6) is 17.2 Å². The highest BCUT2D eigenvalue weighted by atomic mass is 16.5. The Hall–Kier alpha value is -2.67. The molecule has 4 nitrogen and oxygen atoms in total. The van der Waals surface area contributed by atoms with Gasteiger partial charge in [0.2, 0.25) is 0 Å². The molecule has 4 heteroatoms. The van der Waals surface area contributed by atoms with Gasteiger partial charge < -0.3 is 14.6 Å². The molecule has 0 heterocycles. The van der Waals surface area contributed by atoms with Gasteiger partial charge in [0.1, 0.15) is 23.3 Å². The number of nitrogens with zero attached hydrogens (tertiary/aromatic N) is 1. The van der Waals surface area contributed by atoms with Crippen molar-refractivity contribution in [3.63, 3.8) is 0 Å².